The third-order valence-electron chi connectivity index (χ3n) is 4.10. The molecule has 1 heterocycles. The summed E-state index contributed by atoms with van der Waals surface area (Å²) in [5.74, 6) is 0.944. The second-order valence-electron chi connectivity index (χ2n) is 5.71. The van der Waals surface area contributed by atoms with Gasteiger partial charge >= 0.3 is 0 Å². The summed E-state index contributed by atoms with van der Waals surface area (Å²) in [7, 11) is 0. The Kier molecular flexibility index (Phi) is 5.71. The van der Waals surface area contributed by atoms with E-state index in [1.807, 2.05) is 6.07 Å². The second-order valence-corrected chi connectivity index (χ2v) is 6.57. The monoisotopic (exact) mass is 324 g/mol. The van der Waals surface area contributed by atoms with E-state index in [1.165, 1.54) is 55.2 Å². The van der Waals surface area contributed by atoms with Gasteiger partial charge in [-0.3, -0.25) is 4.90 Å². The molecule has 2 rings (SSSR count). The fourth-order valence-electron chi connectivity index (χ4n) is 3.04. The summed E-state index contributed by atoms with van der Waals surface area (Å²) >= 11 is 3.63. The molecule has 0 radical (unpaired) electrons. The van der Waals surface area contributed by atoms with Crippen molar-refractivity contribution in [2.75, 3.05) is 18.8 Å². The quantitative estimate of drug-likeness (QED) is 0.830. The standard InChI is InChI=1S/C16H25BrN2/c1-2-4-13-5-3-9-19(10-8-13)12-14-11-15(18)6-7-16(14)17/h6-7,11,13H,2-5,8-10,12,18H2,1H3. The van der Waals surface area contributed by atoms with Crippen LogP contribution in [-0.2, 0) is 6.54 Å². The zero-order valence-corrected chi connectivity index (χ0v) is 13.5. The van der Waals surface area contributed by atoms with E-state index in [9.17, 15) is 0 Å². The van der Waals surface area contributed by atoms with Gasteiger partial charge in [0.15, 0.2) is 0 Å². The van der Waals surface area contributed by atoms with Gasteiger partial charge in [-0.2, -0.15) is 0 Å². The number of likely N-dealkylation sites (tertiary alicyclic amines) is 1. The van der Waals surface area contributed by atoms with E-state index >= 15 is 0 Å². The predicted octanol–water partition coefficient (Wildman–Crippen LogP) is 4.43. The average molecular weight is 325 g/mol. The van der Waals surface area contributed by atoms with Gasteiger partial charge in [-0.15, -0.1) is 0 Å². The average Bonchev–Trinajstić information content (AvgIpc) is 2.60. The van der Waals surface area contributed by atoms with Crippen LogP contribution in [0.15, 0.2) is 22.7 Å². The van der Waals surface area contributed by atoms with Crippen LogP contribution < -0.4 is 5.73 Å². The molecule has 1 aliphatic rings. The number of anilines is 1. The predicted molar refractivity (Wildman–Crippen MR) is 86.1 cm³/mol. The topological polar surface area (TPSA) is 29.3 Å². The number of halogens is 1. The lowest BCUT2D eigenvalue weighted by Gasteiger charge is -2.21. The maximum atomic E-state index is 5.89. The van der Waals surface area contributed by atoms with Gasteiger partial charge in [-0.1, -0.05) is 35.7 Å². The van der Waals surface area contributed by atoms with Crippen molar-refractivity contribution in [2.45, 2.75) is 45.6 Å². The lowest BCUT2D eigenvalue weighted by atomic mass is 9.96. The van der Waals surface area contributed by atoms with Gasteiger partial charge in [-0.05, 0) is 62.0 Å². The van der Waals surface area contributed by atoms with Crippen molar-refractivity contribution in [1.29, 1.82) is 0 Å². The molecule has 106 valence electrons. The summed E-state index contributed by atoms with van der Waals surface area (Å²) in [6, 6.07) is 6.11. The number of nitrogens with zero attached hydrogens (tertiary/aromatic N) is 1. The Balaban J connectivity index is 1.94. The molecular formula is C16H25BrN2. The van der Waals surface area contributed by atoms with E-state index in [1.54, 1.807) is 0 Å². The molecule has 2 nitrogen and oxygen atoms in total. The third kappa shape index (κ3) is 4.50. The van der Waals surface area contributed by atoms with Gasteiger partial charge in [-0.25, -0.2) is 0 Å². The molecule has 1 saturated heterocycles. The van der Waals surface area contributed by atoms with Crippen molar-refractivity contribution in [2.24, 2.45) is 5.92 Å². The minimum Gasteiger partial charge on any atom is -0.399 e. The van der Waals surface area contributed by atoms with E-state index in [4.69, 9.17) is 5.73 Å². The van der Waals surface area contributed by atoms with Gasteiger partial charge in [0.1, 0.15) is 0 Å². The fourth-order valence-corrected chi connectivity index (χ4v) is 3.41. The highest BCUT2D eigenvalue weighted by atomic mass is 79.9. The fraction of sp³-hybridized carbons (Fsp3) is 0.625. The number of benzene rings is 1. The Hall–Kier alpha value is -0.540. The highest BCUT2D eigenvalue weighted by Crippen LogP contribution is 2.25. The molecule has 1 aliphatic heterocycles. The van der Waals surface area contributed by atoms with Crippen LogP contribution in [0.25, 0.3) is 0 Å². The van der Waals surface area contributed by atoms with E-state index in [0.29, 0.717) is 0 Å². The first kappa shape index (κ1) is 14.9. The van der Waals surface area contributed by atoms with Crippen molar-refractivity contribution < 1.29 is 0 Å². The minimum atomic E-state index is 0.858. The molecule has 1 unspecified atom stereocenters. The first-order chi connectivity index (χ1) is 9.19. The van der Waals surface area contributed by atoms with Crippen molar-refractivity contribution in [3.05, 3.63) is 28.2 Å². The van der Waals surface area contributed by atoms with Gasteiger partial charge in [0.25, 0.3) is 0 Å². The summed E-state index contributed by atoms with van der Waals surface area (Å²) in [4.78, 5) is 2.58. The van der Waals surface area contributed by atoms with E-state index < -0.39 is 0 Å². The molecule has 0 saturated carbocycles. The summed E-state index contributed by atoms with van der Waals surface area (Å²) in [6.07, 6.45) is 6.82. The lowest BCUT2D eigenvalue weighted by molar-refractivity contribution is 0.271. The minimum absolute atomic E-state index is 0.858. The van der Waals surface area contributed by atoms with Crippen LogP contribution in [0.1, 0.15) is 44.6 Å². The summed E-state index contributed by atoms with van der Waals surface area (Å²) < 4.78 is 1.18. The maximum Gasteiger partial charge on any atom is 0.0318 e. The number of hydrogen-bond donors (Lipinski definition) is 1. The Labute approximate surface area is 125 Å². The van der Waals surface area contributed by atoms with Crippen LogP contribution in [-0.4, -0.2) is 18.0 Å². The smallest absolute Gasteiger partial charge is 0.0318 e. The van der Waals surface area contributed by atoms with Crippen LogP contribution in [0.2, 0.25) is 0 Å². The SMILES string of the molecule is CCCC1CCCN(Cc2cc(N)ccc2Br)CC1. The van der Waals surface area contributed by atoms with E-state index in [0.717, 1.165) is 18.2 Å². The Morgan fingerprint density at radius 1 is 1.32 bits per heavy atom. The molecule has 2 N–H and O–H groups in total. The summed E-state index contributed by atoms with van der Waals surface area (Å²) in [6.45, 7) is 5.77. The number of nitrogens with two attached hydrogens (primary N) is 1. The largest absolute Gasteiger partial charge is 0.399 e. The molecule has 19 heavy (non-hydrogen) atoms. The second kappa shape index (κ2) is 7.30. The van der Waals surface area contributed by atoms with E-state index in [2.05, 4.69) is 39.9 Å². The Bertz CT molecular complexity index is 406. The number of rotatable bonds is 4. The lowest BCUT2D eigenvalue weighted by Crippen LogP contribution is -2.24. The highest BCUT2D eigenvalue weighted by Gasteiger charge is 2.17. The van der Waals surface area contributed by atoms with Crippen molar-refractivity contribution >= 4 is 21.6 Å². The molecule has 0 amide bonds. The molecule has 1 aromatic rings. The summed E-state index contributed by atoms with van der Waals surface area (Å²) in [5, 5.41) is 0. The normalized spacial score (nSPS) is 21.3. The molecule has 1 aromatic carbocycles. The van der Waals surface area contributed by atoms with Gasteiger partial charge < -0.3 is 5.73 Å². The first-order valence-corrected chi connectivity index (χ1v) is 8.24. The third-order valence-corrected chi connectivity index (χ3v) is 4.87. The van der Waals surface area contributed by atoms with Crippen LogP contribution >= 0.6 is 15.9 Å². The van der Waals surface area contributed by atoms with Gasteiger partial charge in [0.05, 0.1) is 0 Å². The molecule has 0 bridgehead atoms. The molecule has 0 aliphatic carbocycles. The van der Waals surface area contributed by atoms with Crippen molar-refractivity contribution in [3.63, 3.8) is 0 Å². The first-order valence-electron chi connectivity index (χ1n) is 7.45. The van der Waals surface area contributed by atoms with Crippen LogP contribution in [0.3, 0.4) is 0 Å². The van der Waals surface area contributed by atoms with Crippen molar-refractivity contribution in [3.8, 4) is 0 Å². The van der Waals surface area contributed by atoms with Gasteiger partial charge in [0.2, 0.25) is 0 Å². The van der Waals surface area contributed by atoms with Crippen molar-refractivity contribution in [1.82, 2.24) is 4.90 Å². The van der Waals surface area contributed by atoms with Crippen LogP contribution in [0.5, 0.6) is 0 Å². The van der Waals surface area contributed by atoms with Crippen LogP contribution in [0, 0.1) is 5.92 Å². The molecule has 0 aromatic heterocycles. The van der Waals surface area contributed by atoms with Crippen LogP contribution in [0.4, 0.5) is 5.69 Å². The molecule has 3 heteroatoms. The zero-order chi connectivity index (χ0) is 13.7. The number of nitrogen functional groups attached to an aromatic ring is 1. The Morgan fingerprint density at radius 2 is 2.16 bits per heavy atom. The highest BCUT2D eigenvalue weighted by molar-refractivity contribution is 9.10. The number of hydrogen-bond acceptors (Lipinski definition) is 2. The van der Waals surface area contributed by atoms with E-state index in [-0.39, 0.29) is 0 Å². The zero-order valence-electron chi connectivity index (χ0n) is 11.9. The molecule has 0 spiro atoms. The Morgan fingerprint density at radius 3 is 2.95 bits per heavy atom. The molecule has 1 atom stereocenters. The summed E-state index contributed by atoms with van der Waals surface area (Å²) in [5.41, 5.74) is 8.06. The molecular weight excluding hydrogens is 300 g/mol. The maximum absolute atomic E-state index is 5.89. The molecule has 1 fully saturated rings. The van der Waals surface area contributed by atoms with Gasteiger partial charge in [0, 0.05) is 16.7 Å².